The molecule has 1 amide bonds. The van der Waals surface area contributed by atoms with Gasteiger partial charge in [0, 0.05) is 24.0 Å². The maximum Gasteiger partial charge on any atom is 0.320 e. The molecule has 0 spiro atoms. The van der Waals surface area contributed by atoms with Crippen LogP contribution < -0.4 is 4.74 Å². The van der Waals surface area contributed by atoms with Crippen molar-refractivity contribution in [2.75, 3.05) is 14.2 Å². The van der Waals surface area contributed by atoms with Crippen LogP contribution in [0.5, 0.6) is 5.75 Å². The van der Waals surface area contributed by atoms with Gasteiger partial charge in [-0.1, -0.05) is 12.1 Å². The van der Waals surface area contributed by atoms with Crippen molar-refractivity contribution >= 4 is 27.8 Å². The molecular formula is C20H18F2N4O2. The van der Waals surface area contributed by atoms with Gasteiger partial charge in [0.25, 0.3) is 5.91 Å². The minimum atomic E-state index is -2.74. The highest BCUT2D eigenvalue weighted by Crippen LogP contribution is 2.25. The number of amides is 1. The number of ether oxygens (including phenoxy) is 1. The molecule has 2 aromatic heterocycles. The van der Waals surface area contributed by atoms with Gasteiger partial charge in [-0.15, -0.1) is 0 Å². The Balaban J connectivity index is 1.63. The first kappa shape index (κ1) is 18.0. The summed E-state index contributed by atoms with van der Waals surface area (Å²) >= 11 is 0. The molecule has 0 aliphatic heterocycles. The van der Waals surface area contributed by atoms with Gasteiger partial charge in [0.05, 0.1) is 24.7 Å². The number of aromatic nitrogens is 3. The monoisotopic (exact) mass is 384 g/mol. The van der Waals surface area contributed by atoms with Crippen molar-refractivity contribution < 1.29 is 18.3 Å². The van der Waals surface area contributed by atoms with Crippen LogP contribution in [0.15, 0.2) is 48.5 Å². The molecular weight excluding hydrogens is 366 g/mol. The molecule has 28 heavy (non-hydrogen) atoms. The zero-order chi connectivity index (χ0) is 19.8. The van der Waals surface area contributed by atoms with E-state index in [0.29, 0.717) is 22.5 Å². The van der Waals surface area contributed by atoms with Crippen LogP contribution in [0.4, 0.5) is 8.78 Å². The molecule has 2 heterocycles. The van der Waals surface area contributed by atoms with Crippen LogP contribution in [0.2, 0.25) is 0 Å². The van der Waals surface area contributed by atoms with Crippen molar-refractivity contribution in [3.63, 3.8) is 0 Å². The molecule has 1 N–H and O–H groups in total. The summed E-state index contributed by atoms with van der Waals surface area (Å²) in [6.07, 6.45) is 0. The largest absolute Gasteiger partial charge is 0.497 e. The standard InChI is InChI=1S/C20H18F2N4O2/c1-25(11-18-24-14-5-3-4-6-17(14)26(18)20(21)22)19(27)16-9-12-7-8-13(28-2)10-15(12)23-16/h3-10,20,23H,11H2,1-2H3. The molecule has 0 fully saturated rings. The maximum absolute atomic E-state index is 13.6. The number of fused-ring (bicyclic) bond motifs is 2. The first-order valence-corrected chi connectivity index (χ1v) is 8.64. The Bertz CT molecular complexity index is 1170. The summed E-state index contributed by atoms with van der Waals surface area (Å²) in [5.74, 6) is 0.486. The number of aromatic amines is 1. The van der Waals surface area contributed by atoms with Crippen molar-refractivity contribution in [2.45, 2.75) is 13.1 Å². The molecule has 0 radical (unpaired) electrons. The quantitative estimate of drug-likeness (QED) is 0.561. The normalized spacial score (nSPS) is 11.5. The number of carbonyl (C=O) groups is 1. The minimum Gasteiger partial charge on any atom is -0.497 e. The van der Waals surface area contributed by atoms with E-state index in [-0.39, 0.29) is 18.3 Å². The van der Waals surface area contributed by atoms with Gasteiger partial charge in [-0.2, -0.15) is 8.78 Å². The Kier molecular flexibility index (Phi) is 4.46. The molecule has 0 aliphatic carbocycles. The van der Waals surface area contributed by atoms with E-state index in [4.69, 9.17) is 4.74 Å². The average molecular weight is 384 g/mol. The summed E-state index contributed by atoms with van der Waals surface area (Å²) in [5, 5.41) is 0.859. The van der Waals surface area contributed by atoms with E-state index in [0.717, 1.165) is 15.5 Å². The van der Waals surface area contributed by atoms with Gasteiger partial charge in [0.1, 0.15) is 17.3 Å². The highest BCUT2D eigenvalue weighted by atomic mass is 19.3. The van der Waals surface area contributed by atoms with Gasteiger partial charge in [-0.3, -0.25) is 9.36 Å². The van der Waals surface area contributed by atoms with Crippen LogP contribution in [0.1, 0.15) is 22.9 Å². The number of hydrogen-bond acceptors (Lipinski definition) is 3. The number of methoxy groups -OCH3 is 1. The highest BCUT2D eigenvalue weighted by molar-refractivity contribution is 5.98. The summed E-state index contributed by atoms with van der Waals surface area (Å²) in [5.41, 5.74) is 1.93. The highest BCUT2D eigenvalue weighted by Gasteiger charge is 2.21. The van der Waals surface area contributed by atoms with Gasteiger partial charge in [-0.25, -0.2) is 4.98 Å². The lowest BCUT2D eigenvalue weighted by molar-refractivity contribution is 0.0644. The molecule has 4 rings (SSSR count). The van der Waals surface area contributed by atoms with Crippen molar-refractivity contribution in [2.24, 2.45) is 0 Å². The molecule has 0 saturated heterocycles. The van der Waals surface area contributed by atoms with Crippen LogP contribution >= 0.6 is 0 Å². The molecule has 6 nitrogen and oxygen atoms in total. The lowest BCUT2D eigenvalue weighted by Gasteiger charge is -2.17. The van der Waals surface area contributed by atoms with Gasteiger partial charge in [-0.05, 0) is 30.3 Å². The van der Waals surface area contributed by atoms with Crippen molar-refractivity contribution in [1.82, 2.24) is 19.4 Å². The third kappa shape index (κ3) is 3.06. The van der Waals surface area contributed by atoms with Crippen LogP contribution in [0.25, 0.3) is 21.9 Å². The van der Waals surface area contributed by atoms with Gasteiger partial charge in [0.15, 0.2) is 0 Å². The topological polar surface area (TPSA) is 63.1 Å². The fraction of sp³-hybridized carbons (Fsp3) is 0.200. The number of imidazole rings is 1. The zero-order valence-electron chi connectivity index (χ0n) is 15.3. The fourth-order valence-electron chi connectivity index (χ4n) is 3.26. The van der Waals surface area contributed by atoms with E-state index in [1.165, 1.54) is 4.90 Å². The van der Waals surface area contributed by atoms with Gasteiger partial charge >= 0.3 is 6.55 Å². The number of nitrogens with zero attached hydrogens (tertiary/aromatic N) is 3. The second-order valence-corrected chi connectivity index (χ2v) is 6.46. The number of rotatable bonds is 5. The summed E-state index contributed by atoms with van der Waals surface area (Å²) in [7, 11) is 3.13. The van der Waals surface area contributed by atoms with E-state index < -0.39 is 6.55 Å². The molecule has 144 valence electrons. The summed E-state index contributed by atoms with van der Waals surface area (Å²) in [4.78, 5) is 21.5. The number of alkyl halides is 2. The zero-order valence-corrected chi connectivity index (χ0v) is 15.3. The third-order valence-corrected chi connectivity index (χ3v) is 4.65. The molecule has 8 heteroatoms. The van der Waals surface area contributed by atoms with E-state index in [1.807, 2.05) is 6.07 Å². The lowest BCUT2D eigenvalue weighted by atomic mass is 10.2. The van der Waals surface area contributed by atoms with Crippen LogP contribution in [0.3, 0.4) is 0 Å². The van der Waals surface area contributed by atoms with E-state index >= 15 is 0 Å². The van der Waals surface area contributed by atoms with Crippen molar-refractivity contribution in [3.05, 3.63) is 60.0 Å². The predicted molar refractivity (Wildman–Crippen MR) is 102 cm³/mol. The van der Waals surface area contributed by atoms with Gasteiger partial charge in [0.2, 0.25) is 0 Å². The van der Waals surface area contributed by atoms with E-state index in [9.17, 15) is 13.6 Å². The molecule has 0 atom stereocenters. The van der Waals surface area contributed by atoms with Gasteiger partial charge < -0.3 is 14.6 Å². The smallest absolute Gasteiger partial charge is 0.320 e. The summed E-state index contributed by atoms with van der Waals surface area (Å²) in [6.45, 7) is -2.79. The van der Waals surface area contributed by atoms with Crippen LogP contribution in [-0.2, 0) is 6.54 Å². The maximum atomic E-state index is 13.6. The Morgan fingerprint density at radius 1 is 1.25 bits per heavy atom. The number of H-pyrrole nitrogens is 1. The second-order valence-electron chi connectivity index (χ2n) is 6.46. The molecule has 2 aromatic carbocycles. The van der Waals surface area contributed by atoms with E-state index in [2.05, 4.69) is 9.97 Å². The summed E-state index contributed by atoms with van der Waals surface area (Å²) < 4.78 is 33.2. The first-order valence-electron chi connectivity index (χ1n) is 8.64. The molecule has 0 aliphatic rings. The number of hydrogen-bond donors (Lipinski definition) is 1. The minimum absolute atomic E-state index is 0.0451. The SMILES string of the molecule is COc1ccc2cc(C(=O)N(C)Cc3nc4ccccc4n3C(F)F)[nH]c2c1. The Labute approximate surface area is 159 Å². The molecule has 0 bridgehead atoms. The van der Waals surface area contributed by atoms with E-state index in [1.54, 1.807) is 56.6 Å². The summed E-state index contributed by atoms with van der Waals surface area (Å²) in [6, 6.07) is 13.8. The van der Waals surface area contributed by atoms with Crippen molar-refractivity contribution in [3.8, 4) is 5.75 Å². The third-order valence-electron chi connectivity index (χ3n) is 4.65. The molecule has 0 unspecified atom stereocenters. The molecule has 0 saturated carbocycles. The Morgan fingerprint density at radius 3 is 2.79 bits per heavy atom. The average Bonchev–Trinajstić information content (AvgIpc) is 3.27. The number of halogens is 2. The number of nitrogens with one attached hydrogen (secondary N) is 1. The Hall–Kier alpha value is -3.42. The predicted octanol–water partition coefficient (Wildman–Crippen LogP) is 4.19. The Morgan fingerprint density at radius 2 is 2.04 bits per heavy atom. The first-order chi connectivity index (χ1) is 13.5. The lowest BCUT2D eigenvalue weighted by Crippen LogP contribution is -2.28. The van der Waals surface area contributed by atoms with Crippen molar-refractivity contribution in [1.29, 1.82) is 0 Å². The molecule has 4 aromatic rings. The van der Waals surface area contributed by atoms with Crippen LogP contribution in [0, 0.1) is 0 Å². The number of carbonyl (C=O) groups excluding carboxylic acids is 1. The number of benzene rings is 2. The van der Waals surface area contributed by atoms with Crippen LogP contribution in [-0.4, -0.2) is 39.5 Å². The fourth-order valence-corrected chi connectivity index (χ4v) is 3.26. The second kappa shape index (κ2) is 6.95. The number of para-hydroxylation sites is 2.